The predicted molar refractivity (Wildman–Crippen MR) is 77.9 cm³/mol. The third-order valence-corrected chi connectivity index (χ3v) is 3.07. The fourth-order valence-electron chi connectivity index (χ4n) is 1.49. The van der Waals surface area contributed by atoms with Crippen molar-refractivity contribution in [1.82, 2.24) is 4.98 Å². The molecule has 0 aliphatic rings. The van der Waals surface area contributed by atoms with Crippen LogP contribution < -0.4 is 10.5 Å². The number of halogens is 2. The Morgan fingerprint density at radius 1 is 1.42 bits per heavy atom. The summed E-state index contributed by atoms with van der Waals surface area (Å²) in [5, 5.41) is 0.348. The number of nitrogens with two attached hydrogens (primary N) is 1. The highest BCUT2D eigenvalue weighted by atomic mass is 79.9. The van der Waals surface area contributed by atoms with Crippen molar-refractivity contribution in [2.24, 2.45) is 0 Å². The van der Waals surface area contributed by atoms with E-state index < -0.39 is 0 Å². The van der Waals surface area contributed by atoms with Gasteiger partial charge in [-0.05, 0) is 47.1 Å². The molecule has 2 aromatic rings. The van der Waals surface area contributed by atoms with Crippen LogP contribution in [0.15, 0.2) is 34.9 Å². The maximum absolute atomic E-state index is 11.6. The zero-order valence-corrected chi connectivity index (χ0v) is 12.3. The van der Waals surface area contributed by atoms with Crippen LogP contribution in [-0.2, 0) is 0 Å². The van der Waals surface area contributed by atoms with E-state index in [1.165, 1.54) is 6.92 Å². The van der Waals surface area contributed by atoms with Crippen LogP contribution in [0.2, 0.25) is 5.02 Å². The number of hydrogen-bond acceptors (Lipinski definition) is 4. The Morgan fingerprint density at radius 2 is 2.16 bits per heavy atom. The molecular formula is C13H10BrClN2O2. The number of hydrogen-bond donors (Lipinski definition) is 1. The van der Waals surface area contributed by atoms with Crippen LogP contribution in [-0.4, -0.2) is 10.8 Å². The SMILES string of the molecule is CC(=O)c1cc(N)ccc1Oc1ncc(Br)cc1Cl. The maximum atomic E-state index is 11.6. The van der Waals surface area contributed by atoms with Gasteiger partial charge in [-0.2, -0.15) is 0 Å². The van der Waals surface area contributed by atoms with Gasteiger partial charge in [-0.3, -0.25) is 4.79 Å². The van der Waals surface area contributed by atoms with Gasteiger partial charge in [-0.25, -0.2) is 4.98 Å². The number of aromatic nitrogens is 1. The number of anilines is 1. The first-order valence-corrected chi connectivity index (χ1v) is 6.54. The van der Waals surface area contributed by atoms with Gasteiger partial charge >= 0.3 is 0 Å². The molecule has 0 unspecified atom stereocenters. The molecule has 1 heterocycles. The normalized spacial score (nSPS) is 10.3. The molecule has 98 valence electrons. The number of ketones is 1. The maximum Gasteiger partial charge on any atom is 0.238 e. The van der Waals surface area contributed by atoms with Crippen molar-refractivity contribution in [3.05, 3.63) is 45.5 Å². The minimum Gasteiger partial charge on any atom is -0.437 e. The molecule has 0 radical (unpaired) electrons. The second-order valence-corrected chi connectivity index (χ2v) is 5.18. The highest BCUT2D eigenvalue weighted by Crippen LogP contribution is 2.31. The fourth-order valence-corrected chi connectivity index (χ4v) is 2.16. The molecule has 0 spiro atoms. The topological polar surface area (TPSA) is 65.2 Å². The van der Waals surface area contributed by atoms with Crippen molar-refractivity contribution in [2.45, 2.75) is 6.92 Å². The summed E-state index contributed by atoms with van der Waals surface area (Å²) in [5.41, 5.74) is 6.54. The Hall–Kier alpha value is -1.59. The van der Waals surface area contributed by atoms with Crippen molar-refractivity contribution in [3.8, 4) is 11.6 Å². The molecule has 0 atom stereocenters. The van der Waals surface area contributed by atoms with Gasteiger partial charge in [0.1, 0.15) is 10.8 Å². The van der Waals surface area contributed by atoms with Crippen LogP contribution in [0.4, 0.5) is 5.69 Å². The monoisotopic (exact) mass is 340 g/mol. The second-order valence-electron chi connectivity index (χ2n) is 3.85. The molecule has 0 saturated carbocycles. The number of ether oxygens (including phenoxy) is 1. The number of Topliss-reactive ketones (excluding diaryl/α,β-unsaturated/α-hetero) is 1. The molecule has 0 aliphatic carbocycles. The summed E-state index contributed by atoms with van der Waals surface area (Å²) < 4.78 is 6.32. The van der Waals surface area contributed by atoms with E-state index in [0.29, 0.717) is 22.0 Å². The molecule has 1 aromatic carbocycles. The Morgan fingerprint density at radius 3 is 2.79 bits per heavy atom. The van der Waals surface area contributed by atoms with E-state index >= 15 is 0 Å². The fraction of sp³-hybridized carbons (Fsp3) is 0.0769. The molecule has 2 rings (SSSR count). The van der Waals surface area contributed by atoms with Crippen LogP contribution in [0.1, 0.15) is 17.3 Å². The van der Waals surface area contributed by atoms with Gasteiger partial charge in [0.2, 0.25) is 5.88 Å². The first-order valence-electron chi connectivity index (χ1n) is 5.36. The number of carbonyl (C=O) groups excluding carboxylic acids is 1. The van der Waals surface area contributed by atoms with Gasteiger partial charge in [0, 0.05) is 16.4 Å². The highest BCUT2D eigenvalue weighted by molar-refractivity contribution is 9.10. The molecule has 4 nitrogen and oxygen atoms in total. The summed E-state index contributed by atoms with van der Waals surface area (Å²) >= 11 is 9.27. The van der Waals surface area contributed by atoms with Gasteiger partial charge in [0.15, 0.2) is 5.78 Å². The van der Waals surface area contributed by atoms with Gasteiger partial charge in [0.25, 0.3) is 0 Å². The Bertz CT molecular complexity index is 647. The Balaban J connectivity index is 2.40. The summed E-state index contributed by atoms with van der Waals surface area (Å²) in [7, 11) is 0. The summed E-state index contributed by atoms with van der Waals surface area (Å²) in [6, 6.07) is 6.49. The van der Waals surface area contributed by atoms with E-state index in [-0.39, 0.29) is 11.7 Å². The second kappa shape index (κ2) is 5.59. The first kappa shape index (κ1) is 13.8. The number of nitrogen functional groups attached to an aromatic ring is 1. The molecule has 0 saturated heterocycles. The van der Waals surface area contributed by atoms with Gasteiger partial charge in [-0.1, -0.05) is 11.6 Å². The first-order chi connectivity index (χ1) is 8.97. The number of pyridine rings is 1. The minimum absolute atomic E-state index is 0.143. The zero-order valence-electron chi connectivity index (χ0n) is 9.98. The van der Waals surface area contributed by atoms with Crippen molar-refractivity contribution < 1.29 is 9.53 Å². The number of benzene rings is 1. The highest BCUT2D eigenvalue weighted by Gasteiger charge is 2.12. The summed E-state index contributed by atoms with van der Waals surface area (Å²) in [4.78, 5) is 15.6. The van der Waals surface area contributed by atoms with Crippen molar-refractivity contribution in [1.29, 1.82) is 0 Å². The standard InChI is InChI=1S/C13H10BrClN2O2/c1-7(18)10-5-9(16)2-3-12(10)19-13-11(15)4-8(14)6-17-13/h2-6H,16H2,1H3. The minimum atomic E-state index is -0.143. The average molecular weight is 342 g/mol. The van der Waals surface area contributed by atoms with Crippen LogP contribution in [0.25, 0.3) is 0 Å². The zero-order chi connectivity index (χ0) is 14.0. The predicted octanol–water partition coefficient (Wildman–Crippen LogP) is 4.07. The number of carbonyl (C=O) groups is 1. The molecule has 6 heteroatoms. The van der Waals surface area contributed by atoms with E-state index in [0.717, 1.165) is 4.47 Å². The molecule has 19 heavy (non-hydrogen) atoms. The van der Waals surface area contributed by atoms with Crippen molar-refractivity contribution in [3.63, 3.8) is 0 Å². The van der Waals surface area contributed by atoms with Crippen LogP contribution >= 0.6 is 27.5 Å². The lowest BCUT2D eigenvalue weighted by atomic mass is 10.1. The van der Waals surface area contributed by atoms with Crippen LogP contribution in [0.3, 0.4) is 0 Å². The molecular weight excluding hydrogens is 332 g/mol. The van der Waals surface area contributed by atoms with E-state index in [1.807, 2.05) is 0 Å². The number of nitrogens with zero attached hydrogens (tertiary/aromatic N) is 1. The van der Waals surface area contributed by atoms with E-state index in [9.17, 15) is 4.79 Å². The quantitative estimate of drug-likeness (QED) is 0.675. The molecule has 0 aliphatic heterocycles. The Labute approximate surface area is 123 Å². The van der Waals surface area contributed by atoms with Gasteiger partial charge in [0.05, 0.1) is 5.56 Å². The largest absolute Gasteiger partial charge is 0.437 e. The third-order valence-electron chi connectivity index (χ3n) is 2.36. The summed E-state index contributed by atoms with van der Waals surface area (Å²) in [5.74, 6) is 0.464. The van der Waals surface area contributed by atoms with Crippen molar-refractivity contribution >= 4 is 39.0 Å². The summed E-state index contributed by atoms with van der Waals surface area (Å²) in [6.07, 6.45) is 1.56. The molecule has 0 amide bonds. The van der Waals surface area contributed by atoms with E-state index in [1.54, 1.807) is 30.5 Å². The molecule has 0 bridgehead atoms. The number of rotatable bonds is 3. The molecule has 2 N–H and O–H groups in total. The van der Waals surface area contributed by atoms with Crippen LogP contribution in [0, 0.1) is 0 Å². The van der Waals surface area contributed by atoms with Gasteiger partial charge in [-0.15, -0.1) is 0 Å². The van der Waals surface area contributed by atoms with Gasteiger partial charge < -0.3 is 10.5 Å². The smallest absolute Gasteiger partial charge is 0.238 e. The lowest BCUT2D eigenvalue weighted by Crippen LogP contribution is -2.00. The summed E-state index contributed by atoms with van der Waals surface area (Å²) in [6.45, 7) is 1.44. The van der Waals surface area contributed by atoms with E-state index in [2.05, 4.69) is 20.9 Å². The average Bonchev–Trinajstić information content (AvgIpc) is 2.34. The molecule has 1 aromatic heterocycles. The Kier molecular flexibility index (Phi) is 4.07. The van der Waals surface area contributed by atoms with Crippen LogP contribution in [0.5, 0.6) is 11.6 Å². The third kappa shape index (κ3) is 3.24. The lowest BCUT2D eigenvalue weighted by Gasteiger charge is -2.10. The lowest BCUT2D eigenvalue weighted by molar-refractivity contribution is 0.101. The van der Waals surface area contributed by atoms with E-state index in [4.69, 9.17) is 22.1 Å². The van der Waals surface area contributed by atoms with Crippen molar-refractivity contribution in [2.75, 3.05) is 5.73 Å². The molecule has 0 fully saturated rings.